The van der Waals surface area contributed by atoms with E-state index in [2.05, 4.69) is 35.0 Å². The van der Waals surface area contributed by atoms with Crippen LogP contribution in [0.25, 0.3) is 0 Å². The third-order valence-corrected chi connectivity index (χ3v) is 5.11. The Balaban J connectivity index is 1.70. The zero-order chi connectivity index (χ0) is 16.4. The van der Waals surface area contributed by atoms with E-state index in [9.17, 15) is 4.79 Å². The minimum Gasteiger partial charge on any atom is -0.338 e. The molecule has 2 aromatic rings. The molecular formula is C19H21BrN2O. The molecule has 0 saturated carbocycles. The standard InChI is InChI=1S/C19H21BrN2O/c1-13-9-15-7-8-22(12-16(15)17(20)10-13)19(23)11-18(21)14-5-3-2-4-6-14/h2-6,9-10,18H,7-8,11-12,21H2,1H3. The van der Waals surface area contributed by atoms with Crippen molar-refractivity contribution in [2.24, 2.45) is 5.73 Å². The number of hydrogen-bond donors (Lipinski definition) is 1. The molecule has 1 atom stereocenters. The van der Waals surface area contributed by atoms with Crippen LogP contribution in [0, 0.1) is 6.92 Å². The third kappa shape index (κ3) is 3.65. The van der Waals surface area contributed by atoms with Crippen LogP contribution in [0.4, 0.5) is 0 Å². The zero-order valence-corrected chi connectivity index (χ0v) is 14.8. The second-order valence-electron chi connectivity index (χ2n) is 6.17. The molecule has 0 aliphatic carbocycles. The smallest absolute Gasteiger partial charge is 0.224 e. The summed E-state index contributed by atoms with van der Waals surface area (Å²) in [5.74, 6) is 0.125. The van der Waals surface area contributed by atoms with Gasteiger partial charge in [0.1, 0.15) is 0 Å². The molecule has 0 radical (unpaired) electrons. The fourth-order valence-electron chi connectivity index (χ4n) is 3.12. The first-order valence-corrected chi connectivity index (χ1v) is 8.70. The Bertz CT molecular complexity index is 715. The van der Waals surface area contributed by atoms with Gasteiger partial charge in [0.2, 0.25) is 5.91 Å². The van der Waals surface area contributed by atoms with Crippen LogP contribution in [-0.2, 0) is 17.8 Å². The molecule has 0 aromatic heterocycles. The highest BCUT2D eigenvalue weighted by Crippen LogP contribution is 2.29. The van der Waals surface area contributed by atoms with E-state index in [1.807, 2.05) is 35.2 Å². The quantitative estimate of drug-likeness (QED) is 0.891. The lowest BCUT2D eigenvalue weighted by atomic mass is 9.96. The molecule has 1 unspecified atom stereocenters. The highest BCUT2D eigenvalue weighted by Gasteiger charge is 2.24. The first-order chi connectivity index (χ1) is 11.0. The summed E-state index contributed by atoms with van der Waals surface area (Å²) in [5, 5.41) is 0. The minimum absolute atomic E-state index is 0.125. The van der Waals surface area contributed by atoms with Crippen molar-refractivity contribution in [2.45, 2.75) is 32.4 Å². The molecule has 1 amide bonds. The van der Waals surface area contributed by atoms with Gasteiger partial charge in [-0.2, -0.15) is 0 Å². The van der Waals surface area contributed by atoms with Gasteiger partial charge >= 0.3 is 0 Å². The van der Waals surface area contributed by atoms with Gasteiger partial charge in [-0.25, -0.2) is 0 Å². The number of carbonyl (C=O) groups is 1. The number of benzene rings is 2. The van der Waals surface area contributed by atoms with E-state index in [-0.39, 0.29) is 11.9 Å². The number of rotatable bonds is 3. The maximum atomic E-state index is 12.6. The number of halogens is 1. The summed E-state index contributed by atoms with van der Waals surface area (Å²) in [7, 11) is 0. The monoisotopic (exact) mass is 372 g/mol. The van der Waals surface area contributed by atoms with Gasteiger partial charge in [0.05, 0.1) is 0 Å². The van der Waals surface area contributed by atoms with E-state index >= 15 is 0 Å². The predicted molar refractivity (Wildman–Crippen MR) is 96.0 cm³/mol. The number of hydrogen-bond acceptors (Lipinski definition) is 2. The van der Waals surface area contributed by atoms with Gasteiger partial charge in [0, 0.05) is 30.0 Å². The van der Waals surface area contributed by atoms with Crippen molar-refractivity contribution in [3.63, 3.8) is 0 Å². The molecule has 23 heavy (non-hydrogen) atoms. The van der Waals surface area contributed by atoms with Crippen LogP contribution in [0.5, 0.6) is 0 Å². The van der Waals surface area contributed by atoms with E-state index in [1.54, 1.807) is 0 Å². The van der Waals surface area contributed by atoms with Gasteiger partial charge in [-0.05, 0) is 41.7 Å². The highest BCUT2D eigenvalue weighted by molar-refractivity contribution is 9.10. The lowest BCUT2D eigenvalue weighted by molar-refractivity contribution is -0.132. The van der Waals surface area contributed by atoms with Crippen LogP contribution in [0.2, 0.25) is 0 Å². The molecule has 1 aliphatic rings. The maximum absolute atomic E-state index is 12.6. The summed E-state index contributed by atoms with van der Waals surface area (Å²) in [6, 6.07) is 13.9. The molecule has 1 heterocycles. The average Bonchev–Trinajstić information content (AvgIpc) is 2.55. The molecule has 0 fully saturated rings. The number of carbonyl (C=O) groups excluding carboxylic acids is 1. The Morgan fingerprint density at radius 2 is 2.04 bits per heavy atom. The second kappa shape index (κ2) is 6.85. The lowest BCUT2D eigenvalue weighted by Gasteiger charge is -2.31. The van der Waals surface area contributed by atoms with E-state index in [0.717, 1.165) is 23.0 Å². The number of nitrogens with two attached hydrogens (primary N) is 1. The zero-order valence-electron chi connectivity index (χ0n) is 13.3. The molecule has 4 heteroatoms. The molecule has 1 aliphatic heterocycles. The average molecular weight is 373 g/mol. The molecule has 3 rings (SSSR count). The summed E-state index contributed by atoms with van der Waals surface area (Å²) in [6.07, 6.45) is 1.25. The van der Waals surface area contributed by atoms with Crippen molar-refractivity contribution in [2.75, 3.05) is 6.54 Å². The number of fused-ring (bicyclic) bond motifs is 1. The van der Waals surface area contributed by atoms with Crippen LogP contribution in [-0.4, -0.2) is 17.4 Å². The number of nitrogens with zero attached hydrogens (tertiary/aromatic N) is 1. The highest BCUT2D eigenvalue weighted by atomic mass is 79.9. The van der Waals surface area contributed by atoms with Gasteiger partial charge in [-0.3, -0.25) is 4.79 Å². The third-order valence-electron chi connectivity index (χ3n) is 4.41. The number of amides is 1. The minimum atomic E-state index is -0.244. The number of aryl methyl sites for hydroxylation is 1. The Morgan fingerprint density at radius 1 is 1.30 bits per heavy atom. The molecule has 3 nitrogen and oxygen atoms in total. The lowest BCUT2D eigenvalue weighted by Crippen LogP contribution is -2.37. The molecule has 0 spiro atoms. The first kappa shape index (κ1) is 16.2. The van der Waals surface area contributed by atoms with E-state index < -0.39 is 0 Å². The van der Waals surface area contributed by atoms with Crippen molar-refractivity contribution in [3.8, 4) is 0 Å². The SMILES string of the molecule is Cc1cc(Br)c2c(c1)CCN(C(=O)CC(N)c1ccccc1)C2. The van der Waals surface area contributed by atoms with Crippen molar-refractivity contribution in [3.05, 3.63) is 69.2 Å². The fraction of sp³-hybridized carbons (Fsp3) is 0.316. The predicted octanol–water partition coefficient (Wildman–Crippen LogP) is 3.73. The summed E-state index contributed by atoms with van der Waals surface area (Å²) in [5.41, 5.74) is 11.0. The van der Waals surface area contributed by atoms with Gasteiger partial charge in [0.25, 0.3) is 0 Å². The molecule has 2 aromatic carbocycles. The molecular weight excluding hydrogens is 352 g/mol. The summed E-state index contributed by atoms with van der Waals surface area (Å²) in [4.78, 5) is 14.5. The maximum Gasteiger partial charge on any atom is 0.224 e. The van der Waals surface area contributed by atoms with Crippen molar-refractivity contribution < 1.29 is 4.79 Å². The van der Waals surface area contributed by atoms with Gasteiger partial charge in [-0.1, -0.05) is 52.3 Å². The van der Waals surface area contributed by atoms with Crippen molar-refractivity contribution in [1.29, 1.82) is 0 Å². The van der Waals surface area contributed by atoms with Gasteiger partial charge in [0.15, 0.2) is 0 Å². The van der Waals surface area contributed by atoms with E-state index in [4.69, 9.17) is 5.73 Å². The van der Waals surface area contributed by atoms with E-state index in [0.29, 0.717) is 13.0 Å². The Labute approximate surface area is 145 Å². The van der Waals surface area contributed by atoms with Crippen LogP contribution >= 0.6 is 15.9 Å². The molecule has 0 saturated heterocycles. The van der Waals surface area contributed by atoms with Crippen LogP contribution in [0.3, 0.4) is 0 Å². The molecule has 0 bridgehead atoms. The molecule has 2 N–H and O–H groups in total. The summed E-state index contributed by atoms with van der Waals surface area (Å²) in [6.45, 7) is 3.53. The summed E-state index contributed by atoms with van der Waals surface area (Å²) >= 11 is 3.63. The summed E-state index contributed by atoms with van der Waals surface area (Å²) < 4.78 is 1.09. The first-order valence-electron chi connectivity index (χ1n) is 7.91. The second-order valence-corrected chi connectivity index (χ2v) is 7.03. The largest absolute Gasteiger partial charge is 0.338 e. The normalized spacial score (nSPS) is 15.2. The van der Waals surface area contributed by atoms with E-state index in [1.165, 1.54) is 16.7 Å². The van der Waals surface area contributed by atoms with Gasteiger partial charge < -0.3 is 10.6 Å². The topological polar surface area (TPSA) is 46.3 Å². The Morgan fingerprint density at radius 3 is 2.78 bits per heavy atom. The van der Waals surface area contributed by atoms with Crippen molar-refractivity contribution >= 4 is 21.8 Å². The Hall–Kier alpha value is -1.65. The van der Waals surface area contributed by atoms with Crippen LogP contribution in [0.1, 0.15) is 34.7 Å². The van der Waals surface area contributed by atoms with Crippen LogP contribution < -0.4 is 5.73 Å². The van der Waals surface area contributed by atoms with Crippen LogP contribution in [0.15, 0.2) is 46.9 Å². The van der Waals surface area contributed by atoms with Crippen molar-refractivity contribution in [1.82, 2.24) is 4.90 Å². The van der Waals surface area contributed by atoms with Gasteiger partial charge in [-0.15, -0.1) is 0 Å². The Kier molecular flexibility index (Phi) is 4.83. The molecule has 120 valence electrons. The fourth-order valence-corrected chi connectivity index (χ4v) is 3.86.